The van der Waals surface area contributed by atoms with Gasteiger partial charge < -0.3 is 15.2 Å². The molecule has 0 aliphatic rings. The molecule has 1 atom stereocenters. The summed E-state index contributed by atoms with van der Waals surface area (Å²) in [6.45, 7) is 1.85. The minimum atomic E-state index is -0.247. The number of nitrogens with two attached hydrogens (primary N) is 1. The highest BCUT2D eigenvalue weighted by Gasteiger charge is 2.13. The van der Waals surface area contributed by atoms with Crippen LogP contribution in [0, 0.1) is 0 Å². The highest BCUT2D eigenvalue weighted by molar-refractivity contribution is 5.64. The third kappa shape index (κ3) is 2.35. The van der Waals surface area contributed by atoms with Gasteiger partial charge in [0.1, 0.15) is 0 Å². The molecule has 22 heavy (non-hydrogen) atoms. The molecule has 114 valence electrons. The van der Waals surface area contributed by atoms with Gasteiger partial charge in [0.05, 0.1) is 26.0 Å². The number of ether oxygens (including phenoxy) is 2. The van der Waals surface area contributed by atoms with Gasteiger partial charge in [0.15, 0.2) is 23.0 Å². The molecule has 0 unspecified atom stereocenters. The van der Waals surface area contributed by atoms with E-state index in [9.17, 15) is 0 Å². The van der Waals surface area contributed by atoms with Gasteiger partial charge in [-0.1, -0.05) is 0 Å². The lowest BCUT2D eigenvalue weighted by atomic mass is 10.1. The normalized spacial score (nSPS) is 12.4. The van der Waals surface area contributed by atoms with Crippen molar-refractivity contribution in [1.82, 2.24) is 19.8 Å². The maximum Gasteiger partial charge on any atom is 0.178 e. The molecule has 2 N–H and O–H groups in total. The second-order valence-corrected chi connectivity index (χ2v) is 4.91. The molecule has 2 heterocycles. The number of methoxy groups -OCH3 is 2. The van der Waals surface area contributed by atoms with Gasteiger partial charge in [-0.05, 0) is 37.3 Å². The van der Waals surface area contributed by atoms with Crippen LogP contribution >= 0.6 is 0 Å². The third-order valence-electron chi connectivity index (χ3n) is 3.37. The Hall–Kier alpha value is -2.67. The number of fused-ring (bicyclic) bond motifs is 1. The van der Waals surface area contributed by atoms with Crippen molar-refractivity contribution in [2.24, 2.45) is 5.73 Å². The Morgan fingerprint density at radius 3 is 2.50 bits per heavy atom. The van der Waals surface area contributed by atoms with E-state index in [1.165, 1.54) is 0 Å². The van der Waals surface area contributed by atoms with Gasteiger partial charge in [0, 0.05) is 5.56 Å². The molecule has 7 nitrogen and oxygen atoms in total. The zero-order chi connectivity index (χ0) is 15.7. The van der Waals surface area contributed by atoms with Crippen molar-refractivity contribution < 1.29 is 9.47 Å². The molecule has 0 fully saturated rings. The lowest BCUT2D eigenvalue weighted by Crippen LogP contribution is -2.11. The van der Waals surface area contributed by atoms with E-state index in [4.69, 9.17) is 15.2 Å². The van der Waals surface area contributed by atoms with Gasteiger partial charge >= 0.3 is 0 Å². The van der Waals surface area contributed by atoms with E-state index in [1.807, 2.05) is 37.3 Å². The highest BCUT2D eigenvalue weighted by Crippen LogP contribution is 2.31. The summed E-state index contributed by atoms with van der Waals surface area (Å²) < 4.78 is 12.2. The van der Waals surface area contributed by atoms with Crippen LogP contribution in [0.15, 0.2) is 30.3 Å². The Morgan fingerprint density at radius 2 is 1.82 bits per heavy atom. The minimum absolute atomic E-state index is 0.247. The summed E-state index contributed by atoms with van der Waals surface area (Å²) >= 11 is 0. The van der Waals surface area contributed by atoms with E-state index in [2.05, 4.69) is 15.3 Å². The molecular formula is C15H17N5O2. The third-order valence-corrected chi connectivity index (χ3v) is 3.37. The molecule has 3 rings (SSSR count). The quantitative estimate of drug-likeness (QED) is 0.790. The monoisotopic (exact) mass is 299 g/mol. The van der Waals surface area contributed by atoms with Crippen LogP contribution in [0.4, 0.5) is 0 Å². The maximum atomic E-state index is 5.90. The molecular weight excluding hydrogens is 282 g/mol. The molecule has 0 aliphatic carbocycles. The van der Waals surface area contributed by atoms with Gasteiger partial charge in [0.2, 0.25) is 0 Å². The first kappa shape index (κ1) is 14.3. The molecule has 2 aromatic heterocycles. The Bertz CT molecular complexity index is 813. The molecule has 3 aromatic rings. The average molecular weight is 299 g/mol. The van der Waals surface area contributed by atoms with Crippen molar-refractivity contribution in [1.29, 1.82) is 0 Å². The van der Waals surface area contributed by atoms with E-state index in [0.29, 0.717) is 23.0 Å². The highest BCUT2D eigenvalue weighted by atomic mass is 16.5. The number of hydrogen-bond donors (Lipinski definition) is 1. The number of hydrogen-bond acceptors (Lipinski definition) is 6. The van der Waals surface area contributed by atoms with Gasteiger partial charge in [0.25, 0.3) is 0 Å². The smallest absolute Gasteiger partial charge is 0.178 e. The Morgan fingerprint density at radius 1 is 1.05 bits per heavy atom. The lowest BCUT2D eigenvalue weighted by molar-refractivity contribution is 0.355. The van der Waals surface area contributed by atoms with E-state index >= 15 is 0 Å². The van der Waals surface area contributed by atoms with Gasteiger partial charge in [-0.3, -0.25) is 0 Å². The molecule has 0 bridgehead atoms. The predicted molar refractivity (Wildman–Crippen MR) is 81.9 cm³/mol. The summed E-state index contributed by atoms with van der Waals surface area (Å²) in [6.07, 6.45) is 0. The van der Waals surface area contributed by atoms with E-state index in [-0.39, 0.29) is 6.04 Å². The maximum absolute atomic E-state index is 5.90. The predicted octanol–water partition coefficient (Wildman–Crippen LogP) is 1.83. The van der Waals surface area contributed by atoms with Crippen LogP contribution in [0.5, 0.6) is 11.5 Å². The zero-order valence-electron chi connectivity index (χ0n) is 12.6. The SMILES string of the molecule is COc1ccc(-c2ccc3nnc([C@H](C)N)n3n2)cc1OC. The van der Waals surface area contributed by atoms with Crippen molar-refractivity contribution in [2.75, 3.05) is 14.2 Å². The number of benzene rings is 1. The standard InChI is InChI=1S/C15H17N5O2/c1-9(16)15-18-17-14-7-5-11(19-20(14)15)10-4-6-12(21-2)13(8-10)22-3/h4-9H,16H2,1-3H3/t9-/m0/s1. The van der Waals surface area contributed by atoms with Crippen molar-refractivity contribution in [2.45, 2.75) is 13.0 Å². The average Bonchev–Trinajstić information content (AvgIpc) is 2.97. The number of aromatic nitrogens is 4. The Balaban J connectivity index is 2.11. The van der Waals surface area contributed by atoms with Crippen LogP contribution in [0.2, 0.25) is 0 Å². The minimum Gasteiger partial charge on any atom is -0.493 e. The lowest BCUT2D eigenvalue weighted by Gasteiger charge is -2.09. The summed E-state index contributed by atoms with van der Waals surface area (Å²) in [5.41, 5.74) is 8.24. The molecule has 0 spiro atoms. The van der Waals surface area contributed by atoms with Crippen LogP contribution in [0.3, 0.4) is 0 Å². The van der Waals surface area contributed by atoms with E-state index in [0.717, 1.165) is 11.3 Å². The summed E-state index contributed by atoms with van der Waals surface area (Å²) in [4.78, 5) is 0. The molecule has 0 saturated carbocycles. The zero-order valence-corrected chi connectivity index (χ0v) is 12.6. The summed E-state index contributed by atoms with van der Waals surface area (Å²) in [7, 11) is 3.21. The van der Waals surface area contributed by atoms with Crippen LogP contribution < -0.4 is 15.2 Å². The van der Waals surface area contributed by atoms with Crippen molar-refractivity contribution in [3.63, 3.8) is 0 Å². The van der Waals surface area contributed by atoms with Crippen LogP contribution in [0.25, 0.3) is 16.9 Å². The first-order valence-electron chi connectivity index (χ1n) is 6.84. The molecule has 7 heteroatoms. The number of rotatable bonds is 4. The Labute approximate surface area is 127 Å². The van der Waals surface area contributed by atoms with E-state index in [1.54, 1.807) is 18.7 Å². The van der Waals surface area contributed by atoms with Gasteiger partial charge in [-0.15, -0.1) is 10.2 Å². The second kappa shape index (κ2) is 5.61. The van der Waals surface area contributed by atoms with Crippen LogP contribution in [0.1, 0.15) is 18.8 Å². The molecule has 0 saturated heterocycles. The van der Waals surface area contributed by atoms with Crippen LogP contribution in [-0.2, 0) is 0 Å². The van der Waals surface area contributed by atoms with Gasteiger partial charge in [-0.25, -0.2) is 0 Å². The fourth-order valence-corrected chi connectivity index (χ4v) is 2.24. The summed E-state index contributed by atoms with van der Waals surface area (Å²) in [6, 6.07) is 9.14. The van der Waals surface area contributed by atoms with Crippen molar-refractivity contribution in [3.8, 4) is 22.8 Å². The fraction of sp³-hybridized carbons (Fsp3) is 0.267. The van der Waals surface area contributed by atoms with Crippen molar-refractivity contribution in [3.05, 3.63) is 36.2 Å². The molecule has 0 amide bonds. The van der Waals surface area contributed by atoms with Gasteiger partial charge in [-0.2, -0.15) is 9.61 Å². The van der Waals surface area contributed by atoms with Crippen LogP contribution in [-0.4, -0.2) is 34.0 Å². The second-order valence-electron chi connectivity index (χ2n) is 4.91. The summed E-state index contributed by atoms with van der Waals surface area (Å²) in [5.74, 6) is 1.95. The Kier molecular flexibility index (Phi) is 3.64. The topological polar surface area (TPSA) is 87.6 Å². The summed E-state index contributed by atoms with van der Waals surface area (Å²) in [5, 5.41) is 12.7. The first-order chi connectivity index (χ1) is 10.6. The first-order valence-corrected chi connectivity index (χ1v) is 6.84. The molecule has 0 aliphatic heterocycles. The van der Waals surface area contributed by atoms with Crippen molar-refractivity contribution >= 4 is 5.65 Å². The number of nitrogens with zero attached hydrogens (tertiary/aromatic N) is 4. The van der Waals surface area contributed by atoms with E-state index < -0.39 is 0 Å². The fourth-order valence-electron chi connectivity index (χ4n) is 2.24. The largest absolute Gasteiger partial charge is 0.493 e. The molecule has 1 aromatic carbocycles. The molecule has 0 radical (unpaired) electrons.